The van der Waals surface area contributed by atoms with Crippen molar-refractivity contribution in [2.45, 2.75) is 11.3 Å². The zero-order chi connectivity index (χ0) is 12.8. The second kappa shape index (κ2) is 6.71. The lowest BCUT2D eigenvalue weighted by molar-refractivity contribution is -0.116. The van der Waals surface area contributed by atoms with Crippen LogP contribution in [0.1, 0.15) is 5.56 Å². The van der Waals surface area contributed by atoms with Gasteiger partial charge in [0.2, 0.25) is 0 Å². The molecule has 0 saturated heterocycles. The number of carbonyl (C=O) groups is 1. The van der Waals surface area contributed by atoms with Crippen LogP contribution in [0, 0.1) is 0 Å². The highest BCUT2D eigenvalue weighted by Crippen LogP contribution is 2.20. The Labute approximate surface area is 119 Å². The Morgan fingerprint density at radius 1 is 1.22 bits per heavy atom. The Balaban J connectivity index is 1.83. The van der Waals surface area contributed by atoms with Crippen LogP contribution < -0.4 is 0 Å². The summed E-state index contributed by atoms with van der Waals surface area (Å²) >= 11 is 4.95. The lowest BCUT2D eigenvalue weighted by Gasteiger charge is -2.02. The van der Waals surface area contributed by atoms with Crippen LogP contribution in [0.25, 0.3) is 0 Å². The van der Waals surface area contributed by atoms with E-state index >= 15 is 0 Å². The van der Waals surface area contributed by atoms with E-state index in [1.54, 1.807) is 24.2 Å². The minimum atomic E-state index is 0.218. The van der Waals surface area contributed by atoms with E-state index in [9.17, 15) is 4.79 Å². The van der Waals surface area contributed by atoms with Gasteiger partial charge in [0.1, 0.15) is 5.78 Å². The van der Waals surface area contributed by atoms with E-state index in [2.05, 4.69) is 20.9 Å². The molecule has 0 saturated carbocycles. The van der Waals surface area contributed by atoms with Crippen molar-refractivity contribution in [2.75, 3.05) is 5.75 Å². The number of Topliss-reactive ketones (excluding diaryl/α,β-unsaturated/α-hetero) is 1. The fraction of sp³-hybridized carbons (Fsp3) is 0.143. The number of hydrogen-bond donors (Lipinski definition) is 0. The lowest BCUT2D eigenvalue weighted by atomic mass is 10.2. The SMILES string of the molecule is O=C(CSc1ccc(Br)cc1)Cc1cccnc1. The maximum Gasteiger partial charge on any atom is 0.147 e. The number of benzene rings is 1. The van der Waals surface area contributed by atoms with Gasteiger partial charge in [-0.3, -0.25) is 9.78 Å². The lowest BCUT2D eigenvalue weighted by Crippen LogP contribution is -2.05. The van der Waals surface area contributed by atoms with Crippen molar-refractivity contribution in [2.24, 2.45) is 0 Å². The van der Waals surface area contributed by atoms with Crippen molar-refractivity contribution in [3.8, 4) is 0 Å². The molecule has 1 heterocycles. The molecule has 0 spiro atoms. The monoisotopic (exact) mass is 321 g/mol. The maximum atomic E-state index is 11.8. The Bertz CT molecular complexity index is 513. The first-order valence-corrected chi connectivity index (χ1v) is 7.31. The second-order valence-electron chi connectivity index (χ2n) is 3.82. The number of ketones is 1. The molecule has 0 aliphatic rings. The van der Waals surface area contributed by atoms with Crippen molar-refractivity contribution < 1.29 is 4.79 Å². The molecule has 2 nitrogen and oxygen atoms in total. The van der Waals surface area contributed by atoms with E-state index in [1.165, 1.54) is 0 Å². The topological polar surface area (TPSA) is 30.0 Å². The van der Waals surface area contributed by atoms with E-state index in [-0.39, 0.29) is 5.78 Å². The smallest absolute Gasteiger partial charge is 0.147 e. The van der Waals surface area contributed by atoms with Gasteiger partial charge in [-0.05, 0) is 35.9 Å². The third kappa shape index (κ3) is 4.27. The van der Waals surface area contributed by atoms with Crippen molar-refractivity contribution in [1.29, 1.82) is 0 Å². The predicted octanol–water partition coefficient (Wildman–Crippen LogP) is 3.75. The van der Waals surface area contributed by atoms with Gasteiger partial charge in [-0.2, -0.15) is 0 Å². The zero-order valence-corrected chi connectivity index (χ0v) is 12.1. The molecule has 92 valence electrons. The highest BCUT2D eigenvalue weighted by molar-refractivity contribution is 9.10. The molecule has 0 bridgehead atoms. The van der Waals surface area contributed by atoms with E-state index in [0.29, 0.717) is 12.2 Å². The average molecular weight is 322 g/mol. The van der Waals surface area contributed by atoms with Gasteiger partial charge >= 0.3 is 0 Å². The van der Waals surface area contributed by atoms with E-state index in [4.69, 9.17) is 0 Å². The highest BCUT2D eigenvalue weighted by atomic mass is 79.9. The van der Waals surface area contributed by atoms with Gasteiger partial charge < -0.3 is 0 Å². The molecule has 0 N–H and O–H groups in total. The summed E-state index contributed by atoms with van der Waals surface area (Å²) in [5.74, 6) is 0.715. The van der Waals surface area contributed by atoms with Gasteiger partial charge in [0, 0.05) is 28.2 Å². The quantitative estimate of drug-likeness (QED) is 0.786. The number of rotatable bonds is 5. The molecular formula is C14H12BrNOS. The molecular weight excluding hydrogens is 310 g/mol. The molecule has 4 heteroatoms. The fourth-order valence-electron chi connectivity index (χ4n) is 1.48. The Hall–Kier alpha value is -1.13. The van der Waals surface area contributed by atoms with Gasteiger partial charge in [-0.15, -0.1) is 11.8 Å². The number of carbonyl (C=O) groups excluding carboxylic acids is 1. The number of thioether (sulfide) groups is 1. The van der Waals surface area contributed by atoms with Crippen molar-refractivity contribution in [3.05, 3.63) is 58.8 Å². The van der Waals surface area contributed by atoms with Gasteiger partial charge in [-0.1, -0.05) is 22.0 Å². The summed E-state index contributed by atoms with van der Waals surface area (Å²) < 4.78 is 1.05. The van der Waals surface area contributed by atoms with E-state index in [1.807, 2.05) is 36.4 Å². The van der Waals surface area contributed by atoms with Crippen LogP contribution in [0.3, 0.4) is 0 Å². The number of halogens is 1. The fourth-order valence-corrected chi connectivity index (χ4v) is 2.50. The molecule has 1 aromatic heterocycles. The minimum absolute atomic E-state index is 0.218. The van der Waals surface area contributed by atoms with Crippen LogP contribution in [0.15, 0.2) is 58.2 Å². The second-order valence-corrected chi connectivity index (χ2v) is 5.78. The summed E-state index contributed by atoms with van der Waals surface area (Å²) in [5.41, 5.74) is 0.971. The molecule has 18 heavy (non-hydrogen) atoms. The summed E-state index contributed by atoms with van der Waals surface area (Å²) in [5, 5.41) is 0. The first-order valence-electron chi connectivity index (χ1n) is 5.53. The van der Waals surface area contributed by atoms with Crippen LogP contribution >= 0.6 is 27.7 Å². The molecule has 2 rings (SSSR count). The third-order valence-electron chi connectivity index (χ3n) is 2.34. The largest absolute Gasteiger partial charge is 0.298 e. The molecule has 0 unspecified atom stereocenters. The summed E-state index contributed by atoms with van der Waals surface area (Å²) in [6, 6.07) is 11.7. The number of hydrogen-bond acceptors (Lipinski definition) is 3. The van der Waals surface area contributed by atoms with E-state index in [0.717, 1.165) is 14.9 Å². The van der Waals surface area contributed by atoms with Gasteiger partial charge in [0.25, 0.3) is 0 Å². The number of pyridine rings is 1. The van der Waals surface area contributed by atoms with Gasteiger partial charge in [-0.25, -0.2) is 0 Å². The predicted molar refractivity (Wildman–Crippen MR) is 77.8 cm³/mol. The first kappa shape index (κ1) is 13.3. The molecule has 0 amide bonds. The molecule has 0 atom stereocenters. The van der Waals surface area contributed by atoms with Crippen LogP contribution in [0.2, 0.25) is 0 Å². The number of aromatic nitrogens is 1. The van der Waals surface area contributed by atoms with Crippen LogP contribution in [0.4, 0.5) is 0 Å². The zero-order valence-electron chi connectivity index (χ0n) is 9.67. The Morgan fingerprint density at radius 2 is 2.00 bits per heavy atom. The van der Waals surface area contributed by atoms with Crippen molar-refractivity contribution in [1.82, 2.24) is 4.98 Å². The Morgan fingerprint density at radius 3 is 2.67 bits per heavy atom. The van der Waals surface area contributed by atoms with E-state index < -0.39 is 0 Å². The maximum absolute atomic E-state index is 11.8. The third-order valence-corrected chi connectivity index (χ3v) is 3.94. The van der Waals surface area contributed by atoms with Crippen LogP contribution in [-0.2, 0) is 11.2 Å². The van der Waals surface area contributed by atoms with Crippen molar-refractivity contribution in [3.63, 3.8) is 0 Å². The normalized spacial score (nSPS) is 10.3. The molecule has 0 aliphatic carbocycles. The molecule has 2 aromatic rings. The summed E-state index contributed by atoms with van der Waals surface area (Å²) in [6.07, 6.45) is 3.91. The molecule has 0 aliphatic heterocycles. The summed E-state index contributed by atoms with van der Waals surface area (Å²) in [6.45, 7) is 0. The highest BCUT2D eigenvalue weighted by Gasteiger charge is 2.04. The standard InChI is InChI=1S/C14H12BrNOS/c15-12-3-5-14(6-4-12)18-10-13(17)8-11-2-1-7-16-9-11/h1-7,9H,8,10H2. The first-order chi connectivity index (χ1) is 8.74. The summed E-state index contributed by atoms with van der Waals surface area (Å²) in [4.78, 5) is 16.9. The van der Waals surface area contributed by atoms with Crippen LogP contribution in [0.5, 0.6) is 0 Å². The minimum Gasteiger partial charge on any atom is -0.298 e. The van der Waals surface area contributed by atoms with Crippen molar-refractivity contribution >= 4 is 33.5 Å². The molecule has 0 fully saturated rings. The van der Waals surface area contributed by atoms with Crippen LogP contribution in [-0.4, -0.2) is 16.5 Å². The Kier molecular flexibility index (Phi) is 4.96. The van der Waals surface area contributed by atoms with Gasteiger partial charge in [0.15, 0.2) is 0 Å². The molecule has 1 aromatic carbocycles. The number of nitrogens with zero attached hydrogens (tertiary/aromatic N) is 1. The molecule has 0 radical (unpaired) electrons. The average Bonchev–Trinajstić information content (AvgIpc) is 2.39. The summed E-state index contributed by atoms with van der Waals surface area (Å²) in [7, 11) is 0. The van der Waals surface area contributed by atoms with Gasteiger partial charge in [0.05, 0.1) is 5.75 Å².